The highest BCUT2D eigenvalue weighted by Crippen LogP contribution is 2.34. The zero-order valence-electron chi connectivity index (χ0n) is 6.65. The second-order valence-corrected chi connectivity index (χ2v) is 3.88. The highest BCUT2D eigenvalue weighted by atomic mass is 79.9. The Morgan fingerprint density at radius 3 is 2.36 bits per heavy atom. The third kappa shape index (κ3) is 2.62. The molecular formula is C8H5BrClF3O. The molecule has 0 radical (unpaired) electrons. The van der Waals surface area contributed by atoms with E-state index in [1.54, 1.807) is 0 Å². The molecule has 0 saturated carbocycles. The van der Waals surface area contributed by atoms with Gasteiger partial charge in [-0.05, 0) is 33.6 Å². The Kier molecular flexibility index (Phi) is 3.44. The van der Waals surface area contributed by atoms with Gasteiger partial charge in [0.1, 0.15) is 0 Å². The van der Waals surface area contributed by atoms with Crippen LogP contribution in [0.1, 0.15) is 11.7 Å². The Hall–Kier alpha value is -0.260. The molecule has 1 nitrogen and oxygen atoms in total. The van der Waals surface area contributed by atoms with Gasteiger partial charge in [-0.1, -0.05) is 17.7 Å². The largest absolute Gasteiger partial charge is 0.418 e. The highest BCUT2D eigenvalue weighted by Gasteiger charge is 2.39. The fourth-order valence-corrected chi connectivity index (χ4v) is 1.39. The van der Waals surface area contributed by atoms with Gasteiger partial charge in [-0.2, -0.15) is 13.2 Å². The van der Waals surface area contributed by atoms with Gasteiger partial charge in [0.2, 0.25) is 0 Å². The Balaban J connectivity index is 3.03. The number of aliphatic hydroxyl groups is 1. The van der Waals surface area contributed by atoms with Gasteiger partial charge in [-0.15, -0.1) is 0 Å². The van der Waals surface area contributed by atoms with Crippen LogP contribution in [0.3, 0.4) is 0 Å². The van der Waals surface area contributed by atoms with Crippen LogP contribution >= 0.6 is 27.5 Å². The number of rotatable bonds is 1. The van der Waals surface area contributed by atoms with Gasteiger partial charge >= 0.3 is 6.18 Å². The summed E-state index contributed by atoms with van der Waals surface area (Å²) in [7, 11) is 0. The van der Waals surface area contributed by atoms with Gasteiger partial charge in [-0.3, -0.25) is 0 Å². The normalized spacial score (nSPS) is 14.1. The van der Waals surface area contributed by atoms with Crippen molar-refractivity contribution in [1.29, 1.82) is 0 Å². The molecule has 0 spiro atoms. The van der Waals surface area contributed by atoms with Crippen molar-refractivity contribution in [3.63, 3.8) is 0 Å². The third-order valence-corrected chi connectivity index (χ3v) is 2.78. The van der Waals surface area contributed by atoms with E-state index in [9.17, 15) is 13.2 Å². The van der Waals surface area contributed by atoms with E-state index in [1.165, 1.54) is 6.07 Å². The zero-order chi connectivity index (χ0) is 10.9. The fourth-order valence-electron chi connectivity index (χ4n) is 0.871. The summed E-state index contributed by atoms with van der Waals surface area (Å²) in [6.45, 7) is 0. The maximum Gasteiger partial charge on any atom is 0.418 e. The van der Waals surface area contributed by atoms with Crippen LogP contribution in [0.4, 0.5) is 13.2 Å². The van der Waals surface area contributed by atoms with Gasteiger partial charge < -0.3 is 5.11 Å². The van der Waals surface area contributed by atoms with Gasteiger partial charge in [0.05, 0.1) is 5.02 Å². The molecule has 0 saturated heterocycles. The molecule has 1 aromatic rings. The molecule has 0 aromatic heterocycles. The second-order valence-electron chi connectivity index (χ2n) is 2.62. The molecule has 1 aromatic carbocycles. The Morgan fingerprint density at radius 2 is 1.93 bits per heavy atom. The summed E-state index contributed by atoms with van der Waals surface area (Å²) in [5.74, 6) is 0. The van der Waals surface area contributed by atoms with Crippen LogP contribution in [0.25, 0.3) is 0 Å². The molecule has 1 rings (SSSR count). The summed E-state index contributed by atoms with van der Waals surface area (Å²) in [4.78, 5) is 0. The monoisotopic (exact) mass is 288 g/mol. The molecule has 0 bridgehead atoms. The van der Waals surface area contributed by atoms with Gasteiger partial charge in [-0.25, -0.2) is 0 Å². The van der Waals surface area contributed by atoms with Crippen molar-refractivity contribution in [2.45, 2.75) is 12.3 Å². The standard InChI is InChI=1S/C8H5BrClF3O/c9-5-3-4(1-2-6(5)10)7(14)8(11,12)13/h1-3,7,14H/t7-/m0/s1. The first-order chi connectivity index (χ1) is 6.32. The van der Waals surface area contributed by atoms with E-state index < -0.39 is 12.3 Å². The van der Waals surface area contributed by atoms with Crippen LogP contribution in [0.15, 0.2) is 22.7 Å². The van der Waals surface area contributed by atoms with Crippen molar-refractivity contribution in [3.8, 4) is 0 Å². The Bertz CT molecular complexity index is 340. The lowest BCUT2D eigenvalue weighted by Crippen LogP contribution is -2.20. The summed E-state index contributed by atoms with van der Waals surface area (Å²) in [5.41, 5.74) is -0.242. The lowest BCUT2D eigenvalue weighted by atomic mass is 10.1. The summed E-state index contributed by atoms with van der Waals surface area (Å²) in [6, 6.07) is 3.56. The van der Waals surface area contributed by atoms with Crippen molar-refractivity contribution >= 4 is 27.5 Å². The number of hydrogen-bond acceptors (Lipinski definition) is 1. The van der Waals surface area contributed by atoms with Crippen LogP contribution in [0.5, 0.6) is 0 Å². The molecule has 14 heavy (non-hydrogen) atoms. The molecule has 0 aliphatic heterocycles. The predicted octanol–water partition coefficient (Wildman–Crippen LogP) is 3.70. The summed E-state index contributed by atoms with van der Waals surface area (Å²) in [5, 5.41) is 9.18. The van der Waals surface area contributed by atoms with Crippen LogP contribution in [-0.2, 0) is 0 Å². The van der Waals surface area contributed by atoms with Gasteiger partial charge in [0.25, 0.3) is 0 Å². The molecule has 0 fully saturated rings. The van der Waals surface area contributed by atoms with E-state index in [1.807, 2.05) is 0 Å². The molecule has 1 atom stereocenters. The van der Waals surface area contributed by atoms with Crippen LogP contribution in [0, 0.1) is 0 Å². The minimum atomic E-state index is -4.66. The maximum absolute atomic E-state index is 12.1. The maximum atomic E-state index is 12.1. The minimum absolute atomic E-state index is 0.242. The van der Waals surface area contributed by atoms with Crippen molar-refractivity contribution in [2.75, 3.05) is 0 Å². The average Bonchev–Trinajstić information content (AvgIpc) is 2.07. The smallest absolute Gasteiger partial charge is 0.379 e. The van der Waals surface area contributed by atoms with Crippen molar-refractivity contribution in [1.82, 2.24) is 0 Å². The van der Waals surface area contributed by atoms with Crippen LogP contribution < -0.4 is 0 Å². The number of benzene rings is 1. The van der Waals surface area contributed by atoms with E-state index in [0.717, 1.165) is 12.1 Å². The van der Waals surface area contributed by atoms with Crippen LogP contribution in [-0.4, -0.2) is 11.3 Å². The molecule has 0 aliphatic carbocycles. The fraction of sp³-hybridized carbons (Fsp3) is 0.250. The van der Waals surface area contributed by atoms with E-state index >= 15 is 0 Å². The SMILES string of the molecule is O[C@@H](c1ccc(Cl)c(Br)c1)C(F)(F)F. The predicted molar refractivity (Wildman–Crippen MR) is 50.2 cm³/mol. The first-order valence-corrected chi connectivity index (χ1v) is 4.69. The molecular weight excluding hydrogens is 284 g/mol. The van der Waals surface area contributed by atoms with Crippen molar-refractivity contribution in [3.05, 3.63) is 33.3 Å². The molecule has 0 unspecified atom stereocenters. The van der Waals surface area contributed by atoms with Crippen LogP contribution in [0.2, 0.25) is 5.02 Å². The molecule has 0 amide bonds. The lowest BCUT2D eigenvalue weighted by Gasteiger charge is -2.15. The first-order valence-electron chi connectivity index (χ1n) is 3.52. The zero-order valence-corrected chi connectivity index (χ0v) is 8.99. The average molecular weight is 289 g/mol. The number of hydrogen-bond donors (Lipinski definition) is 1. The van der Waals surface area contributed by atoms with Gasteiger partial charge in [0, 0.05) is 4.47 Å². The summed E-state index contributed by atoms with van der Waals surface area (Å²) in [6.07, 6.45) is -7.14. The van der Waals surface area contributed by atoms with Gasteiger partial charge in [0.15, 0.2) is 6.10 Å². The van der Waals surface area contributed by atoms with E-state index in [-0.39, 0.29) is 5.56 Å². The lowest BCUT2D eigenvalue weighted by molar-refractivity contribution is -0.206. The number of alkyl halides is 3. The molecule has 6 heteroatoms. The topological polar surface area (TPSA) is 20.2 Å². The summed E-state index contributed by atoms with van der Waals surface area (Å²) < 4.78 is 36.5. The Morgan fingerprint density at radius 1 is 1.36 bits per heavy atom. The molecule has 0 aliphatic rings. The molecule has 78 valence electrons. The van der Waals surface area contributed by atoms with E-state index in [2.05, 4.69) is 15.9 Å². The first kappa shape index (κ1) is 11.8. The summed E-state index contributed by atoms with van der Waals surface area (Å²) >= 11 is 8.56. The quantitative estimate of drug-likeness (QED) is 0.836. The third-order valence-electron chi connectivity index (χ3n) is 1.57. The molecule has 1 N–H and O–H groups in total. The van der Waals surface area contributed by atoms with Crippen molar-refractivity contribution in [2.24, 2.45) is 0 Å². The van der Waals surface area contributed by atoms with E-state index in [0.29, 0.717) is 9.50 Å². The second kappa shape index (κ2) is 4.08. The minimum Gasteiger partial charge on any atom is -0.379 e. The molecule has 0 heterocycles. The van der Waals surface area contributed by atoms with Crippen molar-refractivity contribution < 1.29 is 18.3 Å². The highest BCUT2D eigenvalue weighted by molar-refractivity contribution is 9.10. The Labute approximate surface area is 91.6 Å². The number of aliphatic hydroxyl groups excluding tert-OH is 1. The number of halogens is 5. The van der Waals surface area contributed by atoms with E-state index in [4.69, 9.17) is 16.7 Å².